The number of carbonyl (C=O) groups is 1. The summed E-state index contributed by atoms with van der Waals surface area (Å²) >= 11 is 6.04. The predicted molar refractivity (Wildman–Crippen MR) is 63.6 cm³/mol. The summed E-state index contributed by atoms with van der Waals surface area (Å²) in [5, 5.41) is 2.73. The van der Waals surface area contributed by atoms with Crippen LogP contribution < -0.4 is 0 Å². The normalized spacial score (nSPS) is 10.5. The summed E-state index contributed by atoms with van der Waals surface area (Å²) in [5.74, 6) is 0.164. The lowest BCUT2D eigenvalue weighted by Crippen LogP contribution is -1.95. The van der Waals surface area contributed by atoms with E-state index >= 15 is 0 Å². The fraction of sp³-hybridized carbons (Fsp3) is 0.154. The van der Waals surface area contributed by atoms with Gasteiger partial charge in [0, 0.05) is 22.4 Å². The third kappa shape index (κ3) is 1.88. The molecular weight excluding hydrogens is 208 g/mol. The molecule has 0 saturated carbocycles. The zero-order chi connectivity index (χ0) is 10.8. The Balaban J connectivity index is 2.62. The number of fused-ring (bicyclic) bond motifs is 1. The Morgan fingerprint density at radius 2 is 2.07 bits per heavy atom. The van der Waals surface area contributed by atoms with Gasteiger partial charge in [0.25, 0.3) is 0 Å². The predicted octanol–water partition coefficient (Wildman–Crippen LogP) is 4.09. The molecule has 2 aromatic rings. The van der Waals surface area contributed by atoms with Crippen LogP contribution in [0.15, 0.2) is 36.4 Å². The summed E-state index contributed by atoms with van der Waals surface area (Å²) in [5.41, 5.74) is 0.757. The summed E-state index contributed by atoms with van der Waals surface area (Å²) in [6, 6.07) is 11.3. The van der Waals surface area contributed by atoms with Gasteiger partial charge in [-0.3, -0.25) is 4.79 Å². The van der Waals surface area contributed by atoms with Crippen molar-refractivity contribution in [3.05, 3.63) is 47.0 Å². The van der Waals surface area contributed by atoms with E-state index in [4.69, 9.17) is 11.6 Å². The largest absolute Gasteiger partial charge is 0.294 e. The average Bonchev–Trinajstić information content (AvgIpc) is 2.28. The molecule has 0 heterocycles. The van der Waals surface area contributed by atoms with E-state index in [0.29, 0.717) is 6.42 Å². The van der Waals surface area contributed by atoms with E-state index in [1.807, 2.05) is 43.3 Å². The number of carbonyl (C=O) groups excluding carboxylic acids is 1. The van der Waals surface area contributed by atoms with Crippen LogP contribution in [0.5, 0.6) is 0 Å². The van der Waals surface area contributed by atoms with E-state index < -0.39 is 0 Å². The third-order valence-corrected chi connectivity index (χ3v) is 2.80. The minimum absolute atomic E-state index is 0.164. The van der Waals surface area contributed by atoms with Crippen LogP contribution in [0.4, 0.5) is 0 Å². The maximum absolute atomic E-state index is 11.5. The number of halogens is 1. The Kier molecular flexibility index (Phi) is 2.74. The topological polar surface area (TPSA) is 17.1 Å². The van der Waals surface area contributed by atoms with Gasteiger partial charge in [-0.2, -0.15) is 0 Å². The zero-order valence-corrected chi connectivity index (χ0v) is 9.21. The first-order valence-corrected chi connectivity index (χ1v) is 5.31. The van der Waals surface area contributed by atoms with Crippen molar-refractivity contribution >= 4 is 28.2 Å². The van der Waals surface area contributed by atoms with Crippen molar-refractivity contribution in [1.29, 1.82) is 0 Å². The van der Waals surface area contributed by atoms with Gasteiger partial charge in [-0.05, 0) is 17.5 Å². The molecule has 0 N–H and O–H groups in total. The summed E-state index contributed by atoms with van der Waals surface area (Å²) in [6.07, 6.45) is 0.534. The van der Waals surface area contributed by atoms with Crippen molar-refractivity contribution < 1.29 is 4.79 Å². The Morgan fingerprint density at radius 3 is 2.80 bits per heavy atom. The Hall–Kier alpha value is -1.34. The molecule has 0 spiro atoms. The summed E-state index contributed by atoms with van der Waals surface area (Å²) in [6.45, 7) is 1.87. The molecule has 2 heteroatoms. The number of ketones is 1. The zero-order valence-electron chi connectivity index (χ0n) is 8.46. The van der Waals surface area contributed by atoms with E-state index in [2.05, 4.69) is 0 Å². The first-order valence-electron chi connectivity index (χ1n) is 4.94. The van der Waals surface area contributed by atoms with Crippen LogP contribution in [-0.4, -0.2) is 5.78 Å². The highest BCUT2D eigenvalue weighted by Crippen LogP contribution is 2.24. The number of hydrogen-bond donors (Lipinski definition) is 0. The van der Waals surface area contributed by atoms with Gasteiger partial charge in [-0.15, -0.1) is 0 Å². The molecule has 0 aliphatic rings. The number of hydrogen-bond acceptors (Lipinski definition) is 1. The van der Waals surface area contributed by atoms with Gasteiger partial charge in [0.2, 0.25) is 0 Å². The second-order valence-corrected chi connectivity index (χ2v) is 3.86. The second-order valence-electron chi connectivity index (χ2n) is 3.45. The van der Waals surface area contributed by atoms with E-state index in [0.717, 1.165) is 21.4 Å². The van der Waals surface area contributed by atoms with Crippen LogP contribution in [0, 0.1) is 0 Å². The van der Waals surface area contributed by atoms with E-state index in [1.165, 1.54) is 0 Å². The number of benzene rings is 2. The lowest BCUT2D eigenvalue weighted by atomic mass is 10.0. The summed E-state index contributed by atoms with van der Waals surface area (Å²) in [7, 11) is 0. The van der Waals surface area contributed by atoms with Gasteiger partial charge >= 0.3 is 0 Å². The molecule has 0 aliphatic carbocycles. The van der Waals surface area contributed by atoms with Crippen LogP contribution in [-0.2, 0) is 0 Å². The molecule has 0 amide bonds. The molecule has 2 rings (SSSR count). The van der Waals surface area contributed by atoms with Gasteiger partial charge in [0.05, 0.1) is 0 Å². The molecule has 0 bridgehead atoms. The highest BCUT2D eigenvalue weighted by molar-refractivity contribution is 6.35. The standard InChI is InChI=1S/C13H11ClO/c1-2-13(15)10-6-7-11-9(8-10)4-3-5-12(11)14/h3-8H,2H2,1H3. The number of rotatable bonds is 2. The minimum atomic E-state index is 0.164. The van der Waals surface area contributed by atoms with Crippen LogP contribution in [0.3, 0.4) is 0 Å². The van der Waals surface area contributed by atoms with Gasteiger partial charge in [0.15, 0.2) is 5.78 Å². The van der Waals surface area contributed by atoms with E-state index in [9.17, 15) is 4.79 Å². The first-order chi connectivity index (χ1) is 7.22. The van der Waals surface area contributed by atoms with E-state index in [-0.39, 0.29) is 5.78 Å². The Morgan fingerprint density at radius 1 is 1.27 bits per heavy atom. The maximum Gasteiger partial charge on any atom is 0.162 e. The van der Waals surface area contributed by atoms with Crippen molar-refractivity contribution in [1.82, 2.24) is 0 Å². The molecule has 15 heavy (non-hydrogen) atoms. The van der Waals surface area contributed by atoms with Gasteiger partial charge in [0.1, 0.15) is 0 Å². The molecule has 0 aromatic heterocycles. The highest BCUT2D eigenvalue weighted by atomic mass is 35.5. The summed E-state index contributed by atoms with van der Waals surface area (Å²) < 4.78 is 0. The molecule has 2 aromatic carbocycles. The monoisotopic (exact) mass is 218 g/mol. The second kappa shape index (κ2) is 4.03. The van der Waals surface area contributed by atoms with Gasteiger partial charge < -0.3 is 0 Å². The Bertz CT molecular complexity index is 517. The molecule has 1 nitrogen and oxygen atoms in total. The first kappa shape index (κ1) is 10.2. The molecule has 0 aliphatic heterocycles. The van der Waals surface area contributed by atoms with Crippen LogP contribution in [0.25, 0.3) is 10.8 Å². The molecular formula is C13H11ClO. The summed E-state index contributed by atoms with van der Waals surface area (Å²) in [4.78, 5) is 11.5. The van der Waals surface area contributed by atoms with Crippen molar-refractivity contribution in [3.63, 3.8) is 0 Å². The van der Waals surface area contributed by atoms with Crippen LogP contribution in [0.1, 0.15) is 23.7 Å². The molecule has 0 radical (unpaired) electrons. The van der Waals surface area contributed by atoms with Crippen molar-refractivity contribution in [2.75, 3.05) is 0 Å². The van der Waals surface area contributed by atoms with Crippen LogP contribution >= 0.6 is 11.6 Å². The van der Waals surface area contributed by atoms with E-state index in [1.54, 1.807) is 0 Å². The lowest BCUT2D eigenvalue weighted by molar-refractivity contribution is 0.0988. The molecule has 0 saturated heterocycles. The molecule has 0 fully saturated rings. The average molecular weight is 219 g/mol. The fourth-order valence-corrected chi connectivity index (χ4v) is 1.87. The van der Waals surface area contributed by atoms with Gasteiger partial charge in [-0.1, -0.05) is 42.8 Å². The van der Waals surface area contributed by atoms with Crippen molar-refractivity contribution in [3.8, 4) is 0 Å². The smallest absolute Gasteiger partial charge is 0.162 e. The lowest BCUT2D eigenvalue weighted by Gasteiger charge is -2.02. The quantitative estimate of drug-likeness (QED) is 0.694. The molecule has 0 unspecified atom stereocenters. The minimum Gasteiger partial charge on any atom is -0.294 e. The van der Waals surface area contributed by atoms with Crippen LogP contribution in [0.2, 0.25) is 5.02 Å². The molecule has 76 valence electrons. The maximum atomic E-state index is 11.5. The van der Waals surface area contributed by atoms with Crippen molar-refractivity contribution in [2.24, 2.45) is 0 Å². The van der Waals surface area contributed by atoms with Crippen molar-refractivity contribution in [2.45, 2.75) is 13.3 Å². The molecule has 0 atom stereocenters. The Labute approximate surface area is 93.7 Å². The third-order valence-electron chi connectivity index (χ3n) is 2.47. The number of Topliss-reactive ketones (excluding diaryl/α,β-unsaturated/α-hetero) is 1. The fourth-order valence-electron chi connectivity index (χ4n) is 1.62. The highest BCUT2D eigenvalue weighted by Gasteiger charge is 2.04. The SMILES string of the molecule is CCC(=O)c1ccc2c(Cl)cccc2c1. The van der Waals surface area contributed by atoms with Gasteiger partial charge in [-0.25, -0.2) is 0 Å².